The number of hydrogen-bond donors (Lipinski definition) is 1. The fraction of sp³-hybridized carbons (Fsp3) is 0.692. The van der Waals surface area contributed by atoms with E-state index >= 15 is 0 Å². The van der Waals surface area contributed by atoms with Crippen molar-refractivity contribution in [3.8, 4) is 0 Å². The Bertz CT molecular complexity index is 292. The highest BCUT2D eigenvalue weighted by molar-refractivity contribution is 5.24. The number of nitrogens with one attached hydrogen (secondary N) is 1. The van der Waals surface area contributed by atoms with Crippen molar-refractivity contribution in [1.82, 2.24) is 5.32 Å². The molecule has 2 fully saturated rings. The maximum absolute atomic E-state index is 3.83. The first-order valence-corrected chi connectivity index (χ1v) is 5.92. The van der Waals surface area contributed by atoms with Crippen molar-refractivity contribution in [2.45, 2.75) is 44.2 Å². The molecule has 3 aliphatic rings. The highest BCUT2D eigenvalue weighted by atomic mass is 15.1. The number of allylic oxidation sites excluding steroid dienone is 2. The smallest absolute Gasteiger partial charge is 0.0324 e. The third-order valence-corrected chi connectivity index (χ3v) is 4.42. The van der Waals surface area contributed by atoms with E-state index in [1.807, 2.05) is 0 Å². The average molecular weight is 189 g/mol. The molecule has 3 rings (SSSR count). The molecule has 4 atom stereocenters. The molecule has 2 aliphatic carbocycles. The molecule has 0 radical (unpaired) electrons. The molecule has 14 heavy (non-hydrogen) atoms. The Morgan fingerprint density at radius 2 is 2.07 bits per heavy atom. The molecule has 4 unspecified atom stereocenters. The summed E-state index contributed by atoms with van der Waals surface area (Å²) in [6.45, 7) is 2.43. The van der Waals surface area contributed by atoms with E-state index < -0.39 is 0 Å². The van der Waals surface area contributed by atoms with Crippen LogP contribution < -0.4 is 5.32 Å². The van der Waals surface area contributed by atoms with Crippen LogP contribution >= 0.6 is 0 Å². The highest BCUT2D eigenvalue weighted by Crippen LogP contribution is 2.46. The summed E-state index contributed by atoms with van der Waals surface area (Å²) in [5, 5.41) is 3.83. The fourth-order valence-corrected chi connectivity index (χ4v) is 3.69. The molecule has 1 heteroatoms. The lowest BCUT2D eigenvalue weighted by Gasteiger charge is -2.37. The van der Waals surface area contributed by atoms with Gasteiger partial charge in [0.05, 0.1) is 0 Å². The molecule has 1 N–H and O–H groups in total. The van der Waals surface area contributed by atoms with Gasteiger partial charge in [-0.25, -0.2) is 0 Å². The summed E-state index contributed by atoms with van der Waals surface area (Å²) >= 11 is 0. The molecule has 0 aromatic rings. The predicted molar refractivity (Wildman–Crippen MR) is 59.1 cm³/mol. The maximum atomic E-state index is 3.83. The van der Waals surface area contributed by atoms with Gasteiger partial charge >= 0.3 is 0 Å². The van der Waals surface area contributed by atoms with Crippen molar-refractivity contribution in [2.24, 2.45) is 11.8 Å². The quantitative estimate of drug-likeness (QED) is 0.617. The van der Waals surface area contributed by atoms with Gasteiger partial charge in [0.25, 0.3) is 0 Å². The first-order chi connectivity index (χ1) is 6.80. The van der Waals surface area contributed by atoms with Crippen LogP contribution in [0.2, 0.25) is 0 Å². The van der Waals surface area contributed by atoms with Crippen LogP contribution in [-0.4, -0.2) is 11.6 Å². The van der Waals surface area contributed by atoms with Crippen molar-refractivity contribution in [3.05, 3.63) is 24.3 Å². The minimum absolute atomic E-state index is 0.423. The molecule has 76 valence electrons. The van der Waals surface area contributed by atoms with Crippen LogP contribution in [0.4, 0.5) is 0 Å². The predicted octanol–water partition coefficient (Wildman–Crippen LogP) is 2.65. The monoisotopic (exact) mass is 189 g/mol. The van der Waals surface area contributed by atoms with Gasteiger partial charge in [-0.15, -0.1) is 0 Å². The molecule has 1 nitrogen and oxygen atoms in total. The van der Waals surface area contributed by atoms with E-state index in [-0.39, 0.29) is 0 Å². The first kappa shape index (κ1) is 8.72. The van der Waals surface area contributed by atoms with Crippen molar-refractivity contribution in [3.63, 3.8) is 0 Å². The average Bonchev–Trinajstić information content (AvgIpc) is 2.49. The summed E-state index contributed by atoms with van der Waals surface area (Å²) in [5.41, 5.74) is 0.423. The summed E-state index contributed by atoms with van der Waals surface area (Å²) in [7, 11) is 0. The van der Waals surface area contributed by atoms with Gasteiger partial charge in [-0.05, 0) is 25.7 Å². The normalized spacial score (nSPS) is 50.2. The van der Waals surface area contributed by atoms with Gasteiger partial charge in [0, 0.05) is 17.5 Å². The Kier molecular flexibility index (Phi) is 1.85. The van der Waals surface area contributed by atoms with Crippen molar-refractivity contribution in [2.75, 3.05) is 0 Å². The van der Waals surface area contributed by atoms with E-state index in [9.17, 15) is 0 Å². The van der Waals surface area contributed by atoms with E-state index in [1.165, 1.54) is 25.7 Å². The van der Waals surface area contributed by atoms with Gasteiger partial charge in [-0.1, -0.05) is 37.1 Å². The molecule has 0 aromatic heterocycles. The molecule has 0 amide bonds. The number of fused-ring (bicyclic) bond motifs is 3. The largest absolute Gasteiger partial charge is 0.304 e. The van der Waals surface area contributed by atoms with Gasteiger partial charge in [-0.3, -0.25) is 0 Å². The third-order valence-electron chi connectivity index (χ3n) is 4.42. The Hall–Kier alpha value is -0.560. The van der Waals surface area contributed by atoms with Crippen LogP contribution in [0.25, 0.3) is 0 Å². The fourth-order valence-electron chi connectivity index (χ4n) is 3.69. The molecule has 1 aliphatic heterocycles. The number of rotatable bonds is 0. The van der Waals surface area contributed by atoms with Crippen molar-refractivity contribution in [1.29, 1.82) is 0 Å². The SMILES string of the molecule is CC12CCCCC1C1C=CC=CC1N2. The summed E-state index contributed by atoms with van der Waals surface area (Å²) < 4.78 is 0. The zero-order valence-electron chi connectivity index (χ0n) is 8.87. The molecule has 1 saturated carbocycles. The molecule has 1 saturated heterocycles. The Labute approximate surface area is 86.3 Å². The van der Waals surface area contributed by atoms with Crippen LogP contribution in [0.3, 0.4) is 0 Å². The van der Waals surface area contributed by atoms with E-state index in [0.29, 0.717) is 11.6 Å². The standard InChI is InChI=1S/C13H19N/c1-13-9-5-4-7-11(13)10-6-2-3-8-12(10)14-13/h2-3,6,8,10-12,14H,4-5,7,9H2,1H3. The lowest BCUT2D eigenvalue weighted by Crippen LogP contribution is -2.45. The number of hydrogen-bond acceptors (Lipinski definition) is 1. The summed E-state index contributed by atoms with van der Waals surface area (Å²) in [6.07, 6.45) is 14.8. The minimum Gasteiger partial charge on any atom is -0.304 e. The molecular weight excluding hydrogens is 170 g/mol. The van der Waals surface area contributed by atoms with Crippen molar-refractivity contribution < 1.29 is 0 Å². The van der Waals surface area contributed by atoms with Gasteiger partial charge in [0.2, 0.25) is 0 Å². The second-order valence-electron chi connectivity index (χ2n) is 5.29. The Morgan fingerprint density at radius 1 is 1.21 bits per heavy atom. The van der Waals surface area contributed by atoms with Gasteiger partial charge in [-0.2, -0.15) is 0 Å². The topological polar surface area (TPSA) is 12.0 Å². The van der Waals surface area contributed by atoms with E-state index in [4.69, 9.17) is 0 Å². The zero-order chi connectivity index (χ0) is 9.60. The lowest BCUT2D eigenvalue weighted by atomic mass is 9.70. The van der Waals surface area contributed by atoms with Crippen LogP contribution in [0.5, 0.6) is 0 Å². The highest BCUT2D eigenvalue weighted by Gasteiger charge is 2.49. The summed E-state index contributed by atoms with van der Waals surface area (Å²) in [5.74, 6) is 1.65. The molecule has 0 aromatic carbocycles. The van der Waals surface area contributed by atoms with Crippen LogP contribution in [0.1, 0.15) is 32.6 Å². The maximum Gasteiger partial charge on any atom is 0.0324 e. The zero-order valence-corrected chi connectivity index (χ0v) is 8.87. The minimum atomic E-state index is 0.423. The van der Waals surface area contributed by atoms with E-state index in [2.05, 4.69) is 36.5 Å². The Morgan fingerprint density at radius 3 is 3.00 bits per heavy atom. The summed E-state index contributed by atoms with van der Waals surface area (Å²) in [6, 6.07) is 0.619. The molecule has 0 bridgehead atoms. The Balaban J connectivity index is 1.93. The molecule has 0 spiro atoms. The first-order valence-electron chi connectivity index (χ1n) is 5.92. The van der Waals surface area contributed by atoms with Crippen LogP contribution in [0, 0.1) is 11.8 Å². The van der Waals surface area contributed by atoms with E-state index in [1.54, 1.807) is 0 Å². The van der Waals surface area contributed by atoms with Gasteiger partial charge in [0.1, 0.15) is 0 Å². The third kappa shape index (κ3) is 1.12. The lowest BCUT2D eigenvalue weighted by molar-refractivity contribution is 0.200. The second kappa shape index (κ2) is 2.96. The molecular formula is C13H19N. The molecule has 1 heterocycles. The van der Waals surface area contributed by atoms with E-state index in [0.717, 1.165) is 11.8 Å². The van der Waals surface area contributed by atoms with Crippen LogP contribution in [0.15, 0.2) is 24.3 Å². The summed E-state index contributed by atoms with van der Waals surface area (Å²) in [4.78, 5) is 0. The van der Waals surface area contributed by atoms with Gasteiger partial charge < -0.3 is 5.32 Å². The second-order valence-corrected chi connectivity index (χ2v) is 5.29. The van der Waals surface area contributed by atoms with Crippen LogP contribution in [-0.2, 0) is 0 Å². The van der Waals surface area contributed by atoms with Crippen molar-refractivity contribution >= 4 is 0 Å². The van der Waals surface area contributed by atoms with Gasteiger partial charge in [0.15, 0.2) is 0 Å².